The zero-order valence-corrected chi connectivity index (χ0v) is 17.7. The summed E-state index contributed by atoms with van der Waals surface area (Å²) in [6, 6.07) is 17.6. The van der Waals surface area contributed by atoms with Crippen molar-refractivity contribution in [2.24, 2.45) is 0 Å². The highest BCUT2D eigenvalue weighted by molar-refractivity contribution is 5.89. The van der Waals surface area contributed by atoms with E-state index in [-0.39, 0.29) is 17.9 Å². The molecule has 0 aliphatic carbocycles. The predicted molar refractivity (Wildman–Crippen MR) is 125 cm³/mol. The van der Waals surface area contributed by atoms with Gasteiger partial charge in [-0.2, -0.15) is 0 Å². The smallest absolute Gasteiger partial charge is 0.275 e. The molecule has 0 fully saturated rings. The fourth-order valence-corrected chi connectivity index (χ4v) is 3.86. The number of nitrogens with two attached hydrogens (primary N) is 1. The monoisotopic (exact) mass is 441 g/mol. The first-order valence-corrected chi connectivity index (χ1v) is 10.3. The molecule has 0 radical (unpaired) electrons. The van der Waals surface area contributed by atoms with Gasteiger partial charge in [0.2, 0.25) is 0 Å². The number of pyridine rings is 1. The molecule has 0 amide bonds. The Morgan fingerprint density at radius 1 is 1.09 bits per heavy atom. The Morgan fingerprint density at radius 3 is 2.64 bits per heavy atom. The topological polar surface area (TPSA) is 98.8 Å². The van der Waals surface area contributed by atoms with E-state index in [0.29, 0.717) is 33.8 Å². The van der Waals surface area contributed by atoms with Crippen molar-refractivity contribution >= 4 is 16.7 Å². The number of aromatic nitrogens is 4. The first-order chi connectivity index (χ1) is 16.0. The van der Waals surface area contributed by atoms with Gasteiger partial charge in [0.25, 0.3) is 5.56 Å². The minimum Gasteiger partial charge on any atom is -0.486 e. The minimum atomic E-state index is -0.542. The van der Waals surface area contributed by atoms with Crippen LogP contribution < -0.4 is 16.0 Å². The Hall–Kier alpha value is -4.46. The lowest BCUT2D eigenvalue weighted by atomic mass is 10.1. The van der Waals surface area contributed by atoms with E-state index in [9.17, 15) is 4.79 Å². The van der Waals surface area contributed by atoms with Gasteiger partial charge in [-0.25, -0.2) is 9.37 Å². The number of nitrogens with zero attached hydrogens (tertiary/aromatic N) is 3. The normalized spacial score (nSPS) is 11.1. The Kier molecular flexibility index (Phi) is 5.10. The summed E-state index contributed by atoms with van der Waals surface area (Å²) in [6.45, 7) is 2.10. The summed E-state index contributed by atoms with van der Waals surface area (Å²) in [5.74, 6) is -0.422. The molecule has 2 aromatic carbocycles. The summed E-state index contributed by atoms with van der Waals surface area (Å²) >= 11 is 0. The number of benzene rings is 2. The average molecular weight is 441 g/mol. The molecule has 33 heavy (non-hydrogen) atoms. The minimum absolute atomic E-state index is 0.120. The summed E-state index contributed by atoms with van der Waals surface area (Å²) < 4.78 is 22.4. The molecular weight excluding hydrogens is 421 g/mol. The lowest BCUT2D eigenvalue weighted by molar-refractivity contribution is 0.290. The van der Waals surface area contributed by atoms with Crippen molar-refractivity contribution in [3.8, 4) is 22.8 Å². The van der Waals surface area contributed by atoms with Crippen molar-refractivity contribution in [1.29, 1.82) is 0 Å². The van der Waals surface area contributed by atoms with Crippen LogP contribution in [0.15, 0.2) is 78.0 Å². The van der Waals surface area contributed by atoms with E-state index in [1.54, 1.807) is 28.8 Å². The summed E-state index contributed by atoms with van der Waals surface area (Å²) in [7, 11) is 0. The number of ether oxygens (including phenoxy) is 1. The van der Waals surface area contributed by atoms with Crippen LogP contribution in [0.1, 0.15) is 11.1 Å². The summed E-state index contributed by atoms with van der Waals surface area (Å²) in [5.41, 5.74) is 10.1. The van der Waals surface area contributed by atoms with Crippen LogP contribution >= 0.6 is 0 Å². The van der Waals surface area contributed by atoms with Crippen molar-refractivity contribution in [2.45, 2.75) is 13.5 Å². The second kappa shape index (κ2) is 8.23. The van der Waals surface area contributed by atoms with Gasteiger partial charge >= 0.3 is 0 Å². The molecule has 0 saturated heterocycles. The number of H-pyrrole nitrogens is 1. The molecule has 5 aromatic rings. The Morgan fingerprint density at radius 2 is 1.91 bits per heavy atom. The molecular formula is C25H20FN5O2. The zero-order chi connectivity index (χ0) is 22.9. The largest absolute Gasteiger partial charge is 0.486 e. The first kappa shape index (κ1) is 20.4. The molecule has 0 spiro atoms. The number of nitrogen functional groups attached to an aromatic ring is 1. The summed E-state index contributed by atoms with van der Waals surface area (Å²) in [5, 5.41) is 0. The van der Waals surface area contributed by atoms with Crippen molar-refractivity contribution < 1.29 is 9.13 Å². The highest BCUT2D eigenvalue weighted by Crippen LogP contribution is 2.34. The van der Waals surface area contributed by atoms with Crippen molar-refractivity contribution in [1.82, 2.24) is 19.5 Å². The number of rotatable bonds is 5. The van der Waals surface area contributed by atoms with E-state index >= 15 is 4.39 Å². The Bertz CT molecular complexity index is 1510. The van der Waals surface area contributed by atoms with Crippen LogP contribution in [0, 0.1) is 12.7 Å². The number of aryl methyl sites for hydroxylation is 1. The summed E-state index contributed by atoms with van der Waals surface area (Å²) in [4.78, 5) is 24.1. The van der Waals surface area contributed by atoms with Gasteiger partial charge < -0.3 is 20.0 Å². The molecule has 0 aliphatic heterocycles. The van der Waals surface area contributed by atoms with Crippen LogP contribution in [-0.2, 0) is 6.61 Å². The van der Waals surface area contributed by atoms with Crippen LogP contribution in [0.5, 0.6) is 5.75 Å². The molecule has 8 heteroatoms. The Labute approximate surface area is 188 Å². The Balaban J connectivity index is 1.63. The average Bonchev–Trinajstić information content (AvgIpc) is 3.13. The highest BCUT2D eigenvalue weighted by atomic mass is 19.1. The van der Waals surface area contributed by atoms with E-state index in [2.05, 4.69) is 15.0 Å². The first-order valence-electron chi connectivity index (χ1n) is 10.3. The number of aromatic amines is 1. The van der Waals surface area contributed by atoms with Gasteiger partial charge in [0, 0.05) is 17.3 Å². The molecule has 3 N–H and O–H groups in total. The zero-order valence-electron chi connectivity index (χ0n) is 17.7. The third-order valence-electron chi connectivity index (χ3n) is 5.43. The molecule has 0 bridgehead atoms. The number of fused-ring (bicyclic) bond motifs is 1. The van der Waals surface area contributed by atoms with Gasteiger partial charge in [-0.3, -0.25) is 9.78 Å². The van der Waals surface area contributed by atoms with Gasteiger partial charge in [0.15, 0.2) is 11.6 Å². The van der Waals surface area contributed by atoms with Crippen LogP contribution in [0.2, 0.25) is 0 Å². The molecule has 3 heterocycles. The van der Waals surface area contributed by atoms with Crippen LogP contribution in [0.4, 0.5) is 10.1 Å². The molecule has 5 rings (SSSR count). The van der Waals surface area contributed by atoms with Crippen LogP contribution in [0.25, 0.3) is 28.1 Å². The maximum Gasteiger partial charge on any atom is 0.275 e. The van der Waals surface area contributed by atoms with Crippen LogP contribution in [-0.4, -0.2) is 19.5 Å². The second-order valence-electron chi connectivity index (χ2n) is 7.60. The highest BCUT2D eigenvalue weighted by Gasteiger charge is 2.22. The predicted octanol–water partition coefficient (Wildman–Crippen LogP) is 4.38. The molecule has 7 nitrogen and oxygen atoms in total. The summed E-state index contributed by atoms with van der Waals surface area (Å²) in [6.07, 6.45) is 2.89. The molecule has 3 aromatic heterocycles. The van der Waals surface area contributed by atoms with E-state index in [0.717, 1.165) is 11.1 Å². The number of halogens is 1. The maximum atomic E-state index is 15.1. The van der Waals surface area contributed by atoms with Crippen molar-refractivity contribution in [3.63, 3.8) is 0 Å². The SMILES string of the molecule is Cc1c(-c2ccc(N)cn2)n(-c2ccc(OCc3ccccc3)c(F)c2)c2c(=O)[nH]cnc12. The number of nitrogens with one attached hydrogen (secondary N) is 1. The van der Waals surface area contributed by atoms with E-state index in [1.807, 2.05) is 37.3 Å². The fraction of sp³-hybridized carbons (Fsp3) is 0.0800. The van der Waals surface area contributed by atoms with E-state index in [4.69, 9.17) is 10.5 Å². The van der Waals surface area contributed by atoms with E-state index < -0.39 is 5.82 Å². The van der Waals surface area contributed by atoms with Gasteiger partial charge in [-0.05, 0) is 36.8 Å². The molecule has 0 atom stereocenters. The van der Waals surface area contributed by atoms with E-state index in [1.165, 1.54) is 18.6 Å². The van der Waals surface area contributed by atoms with Crippen LogP contribution in [0.3, 0.4) is 0 Å². The number of hydrogen-bond acceptors (Lipinski definition) is 5. The fourth-order valence-electron chi connectivity index (χ4n) is 3.86. The third kappa shape index (κ3) is 3.71. The van der Waals surface area contributed by atoms with Crippen molar-refractivity contribution in [3.05, 3.63) is 100 Å². The molecule has 0 saturated carbocycles. The number of anilines is 1. The van der Waals surface area contributed by atoms with Gasteiger partial charge in [0.05, 0.1) is 35.1 Å². The number of hydrogen-bond donors (Lipinski definition) is 2. The molecule has 0 unspecified atom stereocenters. The lowest BCUT2D eigenvalue weighted by Gasteiger charge is -2.13. The molecule has 0 aliphatic rings. The van der Waals surface area contributed by atoms with Crippen molar-refractivity contribution in [2.75, 3.05) is 5.73 Å². The lowest BCUT2D eigenvalue weighted by Crippen LogP contribution is -2.11. The molecule has 164 valence electrons. The van der Waals surface area contributed by atoms with Gasteiger partial charge in [-0.15, -0.1) is 0 Å². The maximum absolute atomic E-state index is 15.1. The third-order valence-corrected chi connectivity index (χ3v) is 5.43. The van der Waals surface area contributed by atoms with Gasteiger partial charge in [-0.1, -0.05) is 30.3 Å². The quantitative estimate of drug-likeness (QED) is 0.422. The van der Waals surface area contributed by atoms with Gasteiger partial charge in [0.1, 0.15) is 12.1 Å². The standard InChI is InChI=1S/C25H20FN5O2/c1-15-22-24(25(32)30-14-29-22)31(23(15)20-9-7-17(27)12-28-20)18-8-10-21(19(26)11-18)33-13-16-5-3-2-4-6-16/h2-12,14H,13,27H2,1H3,(H,29,30,32). The second-order valence-corrected chi connectivity index (χ2v) is 7.60.